The molecule has 23 heavy (non-hydrogen) atoms. The molecular formula is C19H31N3O. The van der Waals surface area contributed by atoms with Gasteiger partial charge in [-0.3, -0.25) is 4.99 Å². The minimum absolute atomic E-state index is 0.454. The summed E-state index contributed by atoms with van der Waals surface area (Å²) in [5.41, 5.74) is 2.31. The van der Waals surface area contributed by atoms with E-state index >= 15 is 0 Å². The third-order valence-electron chi connectivity index (χ3n) is 3.64. The molecule has 0 heterocycles. The molecule has 0 saturated heterocycles. The van der Waals surface area contributed by atoms with Crippen LogP contribution in [0.3, 0.4) is 0 Å². The zero-order valence-corrected chi connectivity index (χ0v) is 14.6. The second-order valence-electron chi connectivity index (χ2n) is 5.67. The molecule has 0 aliphatic carbocycles. The van der Waals surface area contributed by atoms with Crippen LogP contribution in [0.25, 0.3) is 0 Å². The van der Waals surface area contributed by atoms with Crippen LogP contribution in [0.15, 0.2) is 29.3 Å². The van der Waals surface area contributed by atoms with Crippen LogP contribution in [0.5, 0.6) is 0 Å². The van der Waals surface area contributed by atoms with Crippen LogP contribution in [0.4, 0.5) is 5.69 Å². The first-order chi connectivity index (χ1) is 11.3. The highest BCUT2D eigenvalue weighted by Crippen LogP contribution is 2.16. The normalized spacial score (nSPS) is 11.0. The average molecular weight is 317 g/mol. The molecule has 1 rings (SSSR count). The number of unbranched alkanes of at least 4 members (excludes halogenated alkanes) is 1. The monoisotopic (exact) mass is 317 g/mol. The maximum Gasteiger partial charge on any atom is 0.139 e. The van der Waals surface area contributed by atoms with Gasteiger partial charge in [-0.25, -0.2) is 0 Å². The molecule has 4 nitrogen and oxygen atoms in total. The zero-order chi connectivity index (χ0) is 16.8. The lowest BCUT2D eigenvalue weighted by Gasteiger charge is -2.22. The summed E-state index contributed by atoms with van der Waals surface area (Å²) < 4.78 is 0. The number of carbonyl (C=O) groups excluding carboxylic acids is 1. The highest BCUT2D eigenvalue weighted by Gasteiger charge is 2.05. The molecule has 0 unspecified atom stereocenters. The van der Waals surface area contributed by atoms with Gasteiger partial charge in [-0.15, -0.1) is 0 Å². The van der Waals surface area contributed by atoms with Gasteiger partial charge >= 0.3 is 0 Å². The van der Waals surface area contributed by atoms with E-state index in [-0.39, 0.29) is 0 Å². The first kappa shape index (κ1) is 19.4. The van der Waals surface area contributed by atoms with Gasteiger partial charge in [0.2, 0.25) is 0 Å². The van der Waals surface area contributed by atoms with Crippen LogP contribution in [-0.2, 0) is 11.3 Å². The summed E-state index contributed by atoms with van der Waals surface area (Å²) in [6, 6.07) is 8.39. The first-order valence-electron chi connectivity index (χ1n) is 8.78. The molecule has 0 fully saturated rings. The fourth-order valence-electron chi connectivity index (χ4n) is 2.38. The fourth-order valence-corrected chi connectivity index (χ4v) is 2.38. The van der Waals surface area contributed by atoms with Gasteiger partial charge in [-0.1, -0.05) is 26.0 Å². The van der Waals surface area contributed by atoms with E-state index < -0.39 is 0 Å². The molecule has 0 aliphatic heterocycles. The van der Waals surface area contributed by atoms with Gasteiger partial charge in [0.15, 0.2) is 0 Å². The number of aliphatic imine (C=N–C) groups is 1. The van der Waals surface area contributed by atoms with Crippen molar-refractivity contribution in [1.29, 1.82) is 0 Å². The number of nitrogens with one attached hydrogen (secondary N) is 1. The molecule has 0 aromatic heterocycles. The summed E-state index contributed by atoms with van der Waals surface area (Å²) in [4.78, 5) is 17.4. The van der Waals surface area contributed by atoms with Gasteiger partial charge in [0.1, 0.15) is 6.29 Å². The van der Waals surface area contributed by atoms with Gasteiger partial charge in [0.25, 0.3) is 0 Å². The van der Waals surface area contributed by atoms with Crippen molar-refractivity contribution in [2.24, 2.45) is 4.99 Å². The first-order valence-corrected chi connectivity index (χ1v) is 8.78. The number of anilines is 1. The smallest absolute Gasteiger partial charge is 0.139 e. The van der Waals surface area contributed by atoms with E-state index in [0.717, 1.165) is 57.4 Å². The van der Waals surface area contributed by atoms with Gasteiger partial charge in [-0.05, 0) is 62.7 Å². The van der Waals surface area contributed by atoms with Crippen molar-refractivity contribution < 1.29 is 4.79 Å². The van der Waals surface area contributed by atoms with Crippen LogP contribution < -0.4 is 10.2 Å². The molecule has 4 heteroatoms. The zero-order valence-electron chi connectivity index (χ0n) is 14.6. The summed E-state index contributed by atoms with van der Waals surface area (Å²) >= 11 is 0. The fraction of sp³-hybridized carbons (Fsp3) is 0.579. The Morgan fingerprint density at radius 1 is 1.13 bits per heavy atom. The summed E-state index contributed by atoms with van der Waals surface area (Å²) in [5.74, 6) is 0. The van der Waals surface area contributed by atoms with Gasteiger partial charge in [0, 0.05) is 12.2 Å². The summed E-state index contributed by atoms with van der Waals surface area (Å²) in [6.07, 6.45) is 7.30. The quantitative estimate of drug-likeness (QED) is 0.344. The van der Waals surface area contributed by atoms with E-state index in [4.69, 9.17) is 0 Å². The maximum absolute atomic E-state index is 10.9. The van der Waals surface area contributed by atoms with E-state index in [0.29, 0.717) is 6.54 Å². The summed E-state index contributed by atoms with van der Waals surface area (Å²) in [6.45, 7) is 8.50. The SMILES string of the molecule is CCC=NCc1ccc(N(CC=O)CCCCNCCC)cc1. The lowest BCUT2D eigenvalue weighted by molar-refractivity contribution is -0.106. The molecule has 0 saturated carbocycles. The van der Waals surface area contributed by atoms with E-state index in [1.807, 2.05) is 6.21 Å². The van der Waals surface area contributed by atoms with E-state index in [2.05, 4.69) is 53.3 Å². The van der Waals surface area contributed by atoms with E-state index in [9.17, 15) is 4.79 Å². The van der Waals surface area contributed by atoms with Crippen molar-refractivity contribution in [2.75, 3.05) is 31.1 Å². The standard InChI is InChI=1S/C19H31N3O/c1-3-11-20-13-5-6-14-22(15-16-23)19-9-7-18(8-10-19)17-21-12-4-2/h7-10,12,16,20H,3-6,11,13-15,17H2,1-2H3. The lowest BCUT2D eigenvalue weighted by atomic mass is 10.2. The Kier molecular flexibility index (Phi) is 10.8. The molecule has 0 atom stereocenters. The largest absolute Gasteiger partial charge is 0.365 e. The topological polar surface area (TPSA) is 44.7 Å². The van der Waals surface area contributed by atoms with Crippen LogP contribution >= 0.6 is 0 Å². The highest BCUT2D eigenvalue weighted by atomic mass is 16.1. The van der Waals surface area contributed by atoms with Gasteiger partial charge < -0.3 is 15.0 Å². The van der Waals surface area contributed by atoms with Gasteiger partial charge in [-0.2, -0.15) is 0 Å². The molecule has 0 radical (unpaired) electrons. The number of hydrogen-bond donors (Lipinski definition) is 1. The van der Waals surface area contributed by atoms with Crippen molar-refractivity contribution in [3.05, 3.63) is 29.8 Å². The van der Waals surface area contributed by atoms with Crippen LogP contribution in [0.2, 0.25) is 0 Å². The molecule has 0 bridgehead atoms. The second-order valence-corrected chi connectivity index (χ2v) is 5.67. The van der Waals surface area contributed by atoms with Crippen molar-refractivity contribution in [3.63, 3.8) is 0 Å². The van der Waals surface area contributed by atoms with Crippen molar-refractivity contribution in [1.82, 2.24) is 5.32 Å². The molecule has 0 aliphatic rings. The Bertz CT molecular complexity index is 442. The van der Waals surface area contributed by atoms with Crippen molar-refractivity contribution >= 4 is 18.2 Å². The summed E-state index contributed by atoms with van der Waals surface area (Å²) in [7, 11) is 0. The molecule has 1 aromatic rings. The average Bonchev–Trinajstić information content (AvgIpc) is 2.58. The molecule has 0 amide bonds. The van der Waals surface area contributed by atoms with Crippen LogP contribution in [-0.4, -0.2) is 38.7 Å². The molecule has 1 aromatic carbocycles. The minimum Gasteiger partial charge on any atom is -0.365 e. The number of nitrogens with zero attached hydrogens (tertiary/aromatic N) is 2. The number of benzene rings is 1. The molecular weight excluding hydrogens is 286 g/mol. The van der Waals surface area contributed by atoms with Crippen molar-refractivity contribution in [3.8, 4) is 0 Å². The molecule has 128 valence electrons. The van der Waals surface area contributed by atoms with Crippen molar-refractivity contribution in [2.45, 2.75) is 46.1 Å². The van der Waals surface area contributed by atoms with Crippen LogP contribution in [0, 0.1) is 0 Å². The Morgan fingerprint density at radius 3 is 2.57 bits per heavy atom. The third-order valence-corrected chi connectivity index (χ3v) is 3.64. The summed E-state index contributed by atoms with van der Waals surface area (Å²) in [5, 5.41) is 3.41. The Balaban J connectivity index is 2.45. The maximum atomic E-state index is 10.9. The predicted molar refractivity (Wildman–Crippen MR) is 99.6 cm³/mol. The second kappa shape index (κ2) is 12.8. The highest BCUT2D eigenvalue weighted by molar-refractivity contribution is 5.61. The third kappa shape index (κ3) is 8.50. The van der Waals surface area contributed by atoms with E-state index in [1.54, 1.807) is 0 Å². The van der Waals surface area contributed by atoms with E-state index in [1.165, 1.54) is 12.0 Å². The Morgan fingerprint density at radius 2 is 1.91 bits per heavy atom. The van der Waals surface area contributed by atoms with Crippen LogP contribution in [0.1, 0.15) is 45.1 Å². The Labute approximate surface area is 141 Å². The Hall–Kier alpha value is -1.68. The number of carbonyl (C=O) groups is 1. The predicted octanol–water partition coefficient (Wildman–Crippen LogP) is 3.45. The number of hydrogen-bond acceptors (Lipinski definition) is 4. The number of rotatable bonds is 13. The van der Waals surface area contributed by atoms with Gasteiger partial charge in [0.05, 0.1) is 13.1 Å². The molecule has 1 N–H and O–H groups in total. The number of aldehydes is 1. The lowest BCUT2D eigenvalue weighted by Crippen LogP contribution is -2.27. The molecule has 0 spiro atoms. The minimum atomic E-state index is 0.454.